The minimum Gasteiger partial charge on any atom is -0.465 e. The molecule has 2 aromatic carbocycles. The van der Waals surface area contributed by atoms with E-state index in [1.807, 2.05) is 6.07 Å². The zero-order chi connectivity index (χ0) is 30.3. The maximum absolute atomic E-state index is 16.5. The molecule has 1 heterocycles. The number of benzene rings is 2. The third-order valence-electron chi connectivity index (χ3n) is 7.51. The molecule has 0 radical (unpaired) electrons. The second-order valence-corrected chi connectivity index (χ2v) is 11.5. The molecule has 1 fully saturated rings. The fraction of sp³-hybridized carbons (Fsp3) is 0.516. The number of hydrogen-bond donors (Lipinski definition) is 4. The Labute approximate surface area is 240 Å². The van der Waals surface area contributed by atoms with E-state index < -0.39 is 54.5 Å². The Bertz CT molecular complexity index is 1190. The predicted molar refractivity (Wildman–Crippen MR) is 152 cm³/mol. The summed E-state index contributed by atoms with van der Waals surface area (Å²) in [6.45, 7) is 6.59. The minimum atomic E-state index is -3.65. The lowest BCUT2D eigenvalue weighted by Crippen LogP contribution is -2.61. The second-order valence-electron chi connectivity index (χ2n) is 11.5. The molecule has 10 heteroatoms. The maximum Gasteiger partial charge on any atom is 0.408 e. The van der Waals surface area contributed by atoms with Crippen molar-refractivity contribution < 1.29 is 33.4 Å². The molecule has 0 saturated carbocycles. The molecule has 0 spiro atoms. The highest BCUT2D eigenvalue weighted by atomic mass is 19.3. The second kappa shape index (κ2) is 13.9. The Morgan fingerprint density at radius 3 is 2.27 bits per heavy atom. The van der Waals surface area contributed by atoms with Gasteiger partial charge in [0.25, 0.3) is 5.92 Å². The van der Waals surface area contributed by atoms with Crippen molar-refractivity contribution in [2.45, 2.75) is 71.0 Å². The molecule has 3 amide bonds. The summed E-state index contributed by atoms with van der Waals surface area (Å²) < 4.78 is 32.9. The molecular weight excluding hydrogens is 532 g/mol. The zero-order valence-corrected chi connectivity index (χ0v) is 24.0. The van der Waals surface area contributed by atoms with Gasteiger partial charge in [-0.25, -0.2) is 4.79 Å². The van der Waals surface area contributed by atoms with E-state index in [0.29, 0.717) is 23.4 Å². The lowest BCUT2D eigenvalue weighted by molar-refractivity contribution is -0.138. The van der Waals surface area contributed by atoms with Gasteiger partial charge >= 0.3 is 6.09 Å². The first-order valence-electron chi connectivity index (χ1n) is 14.1. The van der Waals surface area contributed by atoms with E-state index in [0.717, 1.165) is 5.56 Å². The zero-order valence-electron chi connectivity index (χ0n) is 24.0. The Morgan fingerprint density at radius 2 is 1.73 bits per heavy atom. The Kier molecular flexibility index (Phi) is 10.8. The van der Waals surface area contributed by atoms with E-state index in [4.69, 9.17) is 0 Å². The van der Waals surface area contributed by atoms with Crippen LogP contribution in [0.1, 0.15) is 52.5 Å². The number of nitrogens with one attached hydrogen (secondary N) is 2. The summed E-state index contributed by atoms with van der Waals surface area (Å²) in [7, 11) is 0. The smallest absolute Gasteiger partial charge is 0.408 e. The first kappa shape index (κ1) is 32.0. The fourth-order valence-electron chi connectivity index (χ4n) is 5.55. The van der Waals surface area contributed by atoms with Gasteiger partial charge in [-0.05, 0) is 48.3 Å². The Hall–Kier alpha value is -3.53. The molecule has 3 rings (SSSR count). The molecule has 0 aromatic heterocycles. The number of carboxylic acid groups (broad SMARTS) is 1. The minimum absolute atomic E-state index is 0.0104. The van der Waals surface area contributed by atoms with Crippen molar-refractivity contribution in [3.8, 4) is 11.1 Å². The molecule has 4 N–H and O–H groups in total. The van der Waals surface area contributed by atoms with Crippen LogP contribution in [0.2, 0.25) is 0 Å². The molecule has 1 aliphatic rings. The normalized spacial score (nSPS) is 17.7. The van der Waals surface area contributed by atoms with Crippen molar-refractivity contribution >= 4 is 17.9 Å². The van der Waals surface area contributed by atoms with Crippen LogP contribution in [0.15, 0.2) is 54.6 Å². The summed E-state index contributed by atoms with van der Waals surface area (Å²) in [5.74, 6) is -6.08. The lowest BCUT2D eigenvalue weighted by Gasteiger charge is -2.42. The number of carbonyl (C=O) groups is 3. The van der Waals surface area contributed by atoms with Gasteiger partial charge in [-0.3, -0.25) is 14.5 Å². The van der Waals surface area contributed by atoms with Gasteiger partial charge in [-0.15, -0.1) is 0 Å². The van der Waals surface area contributed by atoms with E-state index >= 15 is 8.78 Å². The Morgan fingerprint density at radius 1 is 1.07 bits per heavy atom. The van der Waals surface area contributed by atoms with Crippen LogP contribution in [-0.2, 0) is 15.5 Å². The summed E-state index contributed by atoms with van der Waals surface area (Å²) in [4.78, 5) is 39.0. The molecule has 4 atom stereocenters. The van der Waals surface area contributed by atoms with Crippen molar-refractivity contribution in [3.63, 3.8) is 0 Å². The number of carbonyl (C=O) groups excluding carboxylic acids is 2. The quantitative estimate of drug-likeness (QED) is 0.273. The van der Waals surface area contributed by atoms with Gasteiger partial charge in [0.05, 0.1) is 12.6 Å². The summed E-state index contributed by atoms with van der Waals surface area (Å²) in [5.41, 5.74) is 0.947. The monoisotopic (exact) mass is 573 g/mol. The number of rotatable bonds is 13. The number of aliphatic hydroxyl groups excluding tert-OH is 1. The van der Waals surface area contributed by atoms with E-state index in [1.165, 1.54) is 32.0 Å². The maximum atomic E-state index is 16.5. The number of hydrogen-bond acceptors (Lipinski definition) is 4. The summed E-state index contributed by atoms with van der Waals surface area (Å²) in [5, 5.41) is 25.6. The SMILES string of the molecule is CC(C)C[C@@H](C(=O)N[C@H](CO)C[C@@H]1CCNC1=O)N(C(=O)O)[C@@H](C(C)C)C(F)(F)c1cccc(-c2ccccc2)c1. The molecule has 0 aliphatic carbocycles. The van der Waals surface area contributed by atoms with Crippen molar-refractivity contribution in [2.75, 3.05) is 13.2 Å². The van der Waals surface area contributed by atoms with Gasteiger partial charge in [0.15, 0.2) is 0 Å². The first-order valence-corrected chi connectivity index (χ1v) is 14.1. The molecule has 2 aromatic rings. The summed E-state index contributed by atoms with van der Waals surface area (Å²) >= 11 is 0. The number of halogens is 2. The van der Waals surface area contributed by atoms with Crippen LogP contribution in [0.3, 0.4) is 0 Å². The average molecular weight is 574 g/mol. The third-order valence-corrected chi connectivity index (χ3v) is 7.51. The molecular formula is C31H41F2N3O5. The van der Waals surface area contributed by atoms with E-state index in [1.54, 1.807) is 44.2 Å². The Balaban J connectivity index is 1.98. The van der Waals surface area contributed by atoms with E-state index in [2.05, 4.69) is 10.6 Å². The molecule has 224 valence electrons. The number of aliphatic hydroxyl groups is 1. The average Bonchev–Trinajstić information content (AvgIpc) is 3.33. The van der Waals surface area contributed by atoms with Crippen LogP contribution in [0, 0.1) is 17.8 Å². The van der Waals surface area contributed by atoms with Gasteiger partial charge in [0.2, 0.25) is 11.8 Å². The molecule has 41 heavy (non-hydrogen) atoms. The first-order chi connectivity index (χ1) is 19.4. The van der Waals surface area contributed by atoms with Crippen LogP contribution in [0.4, 0.5) is 13.6 Å². The van der Waals surface area contributed by atoms with Crippen LogP contribution >= 0.6 is 0 Å². The van der Waals surface area contributed by atoms with Gasteiger partial charge < -0.3 is 20.8 Å². The van der Waals surface area contributed by atoms with Crippen LogP contribution in [0.5, 0.6) is 0 Å². The lowest BCUT2D eigenvalue weighted by atomic mass is 9.87. The molecule has 0 unspecified atom stereocenters. The largest absolute Gasteiger partial charge is 0.465 e. The highest BCUT2D eigenvalue weighted by Crippen LogP contribution is 2.41. The van der Waals surface area contributed by atoms with E-state index in [9.17, 15) is 24.6 Å². The molecule has 1 aliphatic heterocycles. The highest BCUT2D eigenvalue weighted by molar-refractivity contribution is 5.86. The van der Waals surface area contributed by atoms with Gasteiger partial charge in [-0.1, -0.05) is 76.2 Å². The van der Waals surface area contributed by atoms with Gasteiger partial charge in [0, 0.05) is 18.0 Å². The van der Waals surface area contributed by atoms with Crippen molar-refractivity contribution in [2.24, 2.45) is 17.8 Å². The van der Waals surface area contributed by atoms with E-state index in [-0.39, 0.29) is 30.2 Å². The van der Waals surface area contributed by atoms with Crippen molar-refractivity contribution in [3.05, 3.63) is 60.2 Å². The number of amides is 3. The molecule has 8 nitrogen and oxygen atoms in total. The van der Waals surface area contributed by atoms with Crippen LogP contribution < -0.4 is 10.6 Å². The van der Waals surface area contributed by atoms with Crippen molar-refractivity contribution in [1.29, 1.82) is 0 Å². The molecule has 1 saturated heterocycles. The van der Waals surface area contributed by atoms with Gasteiger partial charge in [0.1, 0.15) is 12.1 Å². The molecule has 0 bridgehead atoms. The van der Waals surface area contributed by atoms with Gasteiger partial charge in [-0.2, -0.15) is 8.78 Å². The van der Waals surface area contributed by atoms with Crippen LogP contribution in [0.25, 0.3) is 11.1 Å². The third kappa shape index (κ3) is 7.81. The number of nitrogens with zero attached hydrogens (tertiary/aromatic N) is 1. The van der Waals surface area contributed by atoms with Crippen molar-refractivity contribution in [1.82, 2.24) is 15.5 Å². The summed E-state index contributed by atoms with van der Waals surface area (Å²) in [6, 6.07) is 10.7. The number of alkyl halides is 2. The standard InChI is InChI=1S/C31H41F2N3O5/c1-19(2)15-26(29(39)35-25(18-37)17-23-13-14-34-28(23)38)36(30(40)41)27(20(3)4)31(32,33)24-12-8-11-22(16-24)21-9-6-5-7-10-21/h5-12,16,19-20,23,25-27,37H,13-15,17-18H2,1-4H3,(H,34,38)(H,35,39)(H,40,41)/t23-,25-,26-,27-/m0/s1. The predicted octanol–water partition coefficient (Wildman–Crippen LogP) is 4.87. The fourth-order valence-corrected chi connectivity index (χ4v) is 5.55. The van der Waals surface area contributed by atoms with Crippen LogP contribution in [-0.4, -0.2) is 64.3 Å². The highest BCUT2D eigenvalue weighted by Gasteiger charge is 2.51. The summed E-state index contributed by atoms with van der Waals surface area (Å²) in [6.07, 6.45) is -0.945. The topological polar surface area (TPSA) is 119 Å².